The fraction of sp³-hybridized carbons (Fsp3) is 0.440. The van der Waals surface area contributed by atoms with E-state index in [1.165, 1.54) is 5.56 Å². The van der Waals surface area contributed by atoms with Crippen molar-refractivity contribution in [2.24, 2.45) is 0 Å². The van der Waals surface area contributed by atoms with Crippen molar-refractivity contribution in [3.05, 3.63) is 59.7 Å². The number of rotatable bonds is 9. The van der Waals surface area contributed by atoms with Gasteiger partial charge in [-0.15, -0.1) is 0 Å². The maximum absolute atomic E-state index is 12.5. The zero-order chi connectivity index (χ0) is 22.1. The highest BCUT2D eigenvalue weighted by molar-refractivity contribution is 5.94. The van der Waals surface area contributed by atoms with Crippen molar-refractivity contribution >= 4 is 11.8 Å². The van der Waals surface area contributed by atoms with Crippen molar-refractivity contribution in [1.29, 1.82) is 0 Å². The third kappa shape index (κ3) is 7.02. The van der Waals surface area contributed by atoms with Crippen LogP contribution in [0.25, 0.3) is 0 Å². The number of carbonyl (C=O) groups excluding carboxylic acids is 2. The first kappa shape index (κ1) is 22.7. The van der Waals surface area contributed by atoms with Crippen molar-refractivity contribution in [3.63, 3.8) is 0 Å². The molecule has 0 saturated carbocycles. The second kappa shape index (κ2) is 11.4. The molecule has 0 unspecified atom stereocenters. The summed E-state index contributed by atoms with van der Waals surface area (Å²) in [7, 11) is 0. The zero-order valence-corrected chi connectivity index (χ0v) is 18.4. The molecule has 0 aromatic heterocycles. The summed E-state index contributed by atoms with van der Waals surface area (Å²) >= 11 is 0. The lowest BCUT2D eigenvalue weighted by molar-refractivity contribution is -0.132. The number of nitrogens with zero attached hydrogens (tertiary/aromatic N) is 1. The van der Waals surface area contributed by atoms with Gasteiger partial charge < -0.3 is 19.7 Å². The van der Waals surface area contributed by atoms with Crippen LogP contribution in [0.5, 0.6) is 11.5 Å². The van der Waals surface area contributed by atoms with E-state index in [0.29, 0.717) is 44.7 Å². The van der Waals surface area contributed by atoms with E-state index >= 15 is 0 Å². The Morgan fingerprint density at radius 1 is 0.968 bits per heavy atom. The molecule has 31 heavy (non-hydrogen) atoms. The highest BCUT2D eigenvalue weighted by Crippen LogP contribution is 2.16. The summed E-state index contributed by atoms with van der Waals surface area (Å²) in [5.41, 5.74) is 1.82. The van der Waals surface area contributed by atoms with Crippen molar-refractivity contribution in [1.82, 2.24) is 10.2 Å². The highest BCUT2D eigenvalue weighted by Gasteiger charge is 2.23. The molecular weight excluding hydrogens is 392 g/mol. The quantitative estimate of drug-likeness (QED) is 0.619. The number of hydrogen-bond donors (Lipinski definition) is 1. The van der Waals surface area contributed by atoms with E-state index < -0.39 is 0 Å². The van der Waals surface area contributed by atoms with E-state index in [0.717, 1.165) is 24.3 Å². The molecule has 2 aromatic rings. The first-order valence-corrected chi connectivity index (χ1v) is 11.1. The van der Waals surface area contributed by atoms with Gasteiger partial charge in [0.15, 0.2) is 0 Å². The van der Waals surface area contributed by atoms with Gasteiger partial charge in [0.05, 0.1) is 13.2 Å². The average molecular weight is 425 g/mol. The van der Waals surface area contributed by atoms with E-state index in [9.17, 15) is 9.59 Å². The van der Waals surface area contributed by atoms with Gasteiger partial charge in [0.2, 0.25) is 5.91 Å². The fourth-order valence-corrected chi connectivity index (χ4v) is 3.62. The minimum atomic E-state index is -0.0823. The molecule has 0 bridgehead atoms. The largest absolute Gasteiger partial charge is 0.494 e. The Labute approximate surface area is 184 Å². The monoisotopic (exact) mass is 424 g/mol. The number of hydrogen-bond acceptors (Lipinski definition) is 4. The van der Waals surface area contributed by atoms with E-state index in [1.807, 2.05) is 55.1 Å². The van der Waals surface area contributed by atoms with Gasteiger partial charge in [-0.1, -0.05) is 17.7 Å². The van der Waals surface area contributed by atoms with Gasteiger partial charge >= 0.3 is 0 Å². The summed E-state index contributed by atoms with van der Waals surface area (Å²) in [6.07, 6.45) is 2.72. The predicted molar refractivity (Wildman–Crippen MR) is 121 cm³/mol. The first-order chi connectivity index (χ1) is 15.0. The van der Waals surface area contributed by atoms with Crippen LogP contribution in [0.3, 0.4) is 0 Å². The molecule has 1 heterocycles. The van der Waals surface area contributed by atoms with E-state index in [-0.39, 0.29) is 17.9 Å². The van der Waals surface area contributed by atoms with Gasteiger partial charge in [-0.3, -0.25) is 9.59 Å². The standard InChI is InChI=1S/C25H32N2O4/c1-3-30-22-12-8-20(9-13-22)25(29)26-21-14-16-27(17-15-21)24(28)5-4-18-31-23-10-6-19(2)7-11-23/h6-13,21H,3-5,14-18H2,1-2H3,(H,26,29). The molecule has 1 saturated heterocycles. The SMILES string of the molecule is CCOc1ccc(C(=O)NC2CCN(C(=O)CCCOc3ccc(C)cc3)CC2)cc1. The van der Waals surface area contributed by atoms with Crippen LogP contribution in [0.15, 0.2) is 48.5 Å². The van der Waals surface area contributed by atoms with Gasteiger partial charge in [0.25, 0.3) is 5.91 Å². The molecule has 1 N–H and O–H groups in total. The number of nitrogens with one attached hydrogen (secondary N) is 1. The Hall–Kier alpha value is -3.02. The van der Waals surface area contributed by atoms with Crippen LogP contribution >= 0.6 is 0 Å². The Morgan fingerprint density at radius 2 is 1.58 bits per heavy atom. The molecule has 166 valence electrons. The van der Waals surface area contributed by atoms with Gasteiger partial charge in [-0.25, -0.2) is 0 Å². The lowest BCUT2D eigenvalue weighted by atomic mass is 10.0. The minimum Gasteiger partial charge on any atom is -0.494 e. The maximum Gasteiger partial charge on any atom is 0.251 e. The van der Waals surface area contributed by atoms with Crippen LogP contribution in [0, 0.1) is 6.92 Å². The molecule has 6 heteroatoms. The van der Waals surface area contributed by atoms with Crippen molar-refractivity contribution in [3.8, 4) is 11.5 Å². The van der Waals surface area contributed by atoms with E-state index in [2.05, 4.69) is 5.32 Å². The molecule has 0 radical (unpaired) electrons. The molecule has 2 aromatic carbocycles. The topological polar surface area (TPSA) is 67.9 Å². The molecule has 1 aliphatic heterocycles. The lowest BCUT2D eigenvalue weighted by Crippen LogP contribution is -2.46. The Balaban J connectivity index is 1.34. The molecule has 0 atom stereocenters. The number of amides is 2. The predicted octanol–water partition coefficient (Wildman–Crippen LogP) is 3.97. The van der Waals surface area contributed by atoms with Gasteiger partial charge in [-0.2, -0.15) is 0 Å². The summed E-state index contributed by atoms with van der Waals surface area (Å²) < 4.78 is 11.1. The normalized spacial score (nSPS) is 14.2. The second-order valence-corrected chi connectivity index (χ2v) is 7.85. The molecule has 6 nitrogen and oxygen atoms in total. The third-order valence-corrected chi connectivity index (χ3v) is 5.44. The molecular formula is C25H32N2O4. The van der Waals surface area contributed by atoms with E-state index in [1.54, 1.807) is 12.1 Å². The lowest BCUT2D eigenvalue weighted by Gasteiger charge is -2.32. The average Bonchev–Trinajstić information content (AvgIpc) is 2.79. The minimum absolute atomic E-state index is 0.0823. The number of ether oxygens (including phenoxy) is 2. The van der Waals surface area contributed by atoms with Crippen LogP contribution in [0.4, 0.5) is 0 Å². The van der Waals surface area contributed by atoms with Gasteiger partial charge in [-0.05, 0) is 69.5 Å². The summed E-state index contributed by atoms with van der Waals surface area (Å²) in [4.78, 5) is 26.8. The van der Waals surface area contributed by atoms with Crippen molar-refractivity contribution in [2.45, 2.75) is 45.6 Å². The first-order valence-electron chi connectivity index (χ1n) is 11.1. The number of piperidine rings is 1. The smallest absolute Gasteiger partial charge is 0.251 e. The van der Waals surface area contributed by atoms with Crippen molar-refractivity contribution in [2.75, 3.05) is 26.3 Å². The maximum atomic E-state index is 12.5. The molecule has 0 spiro atoms. The van der Waals surface area contributed by atoms with Crippen LogP contribution < -0.4 is 14.8 Å². The third-order valence-electron chi connectivity index (χ3n) is 5.44. The fourth-order valence-electron chi connectivity index (χ4n) is 3.62. The summed E-state index contributed by atoms with van der Waals surface area (Å²) in [6.45, 7) is 6.44. The molecule has 1 fully saturated rings. The Morgan fingerprint density at radius 3 is 2.23 bits per heavy atom. The number of likely N-dealkylation sites (tertiary alicyclic amines) is 1. The number of benzene rings is 2. The molecule has 1 aliphatic rings. The van der Waals surface area contributed by atoms with Crippen LogP contribution in [0.1, 0.15) is 48.5 Å². The highest BCUT2D eigenvalue weighted by atomic mass is 16.5. The second-order valence-electron chi connectivity index (χ2n) is 7.85. The Kier molecular flexibility index (Phi) is 8.33. The zero-order valence-electron chi connectivity index (χ0n) is 18.4. The molecule has 2 amide bonds. The Bertz CT molecular complexity index is 841. The number of aryl methyl sites for hydroxylation is 1. The van der Waals surface area contributed by atoms with Gasteiger partial charge in [0, 0.05) is 31.1 Å². The van der Waals surface area contributed by atoms with Crippen LogP contribution in [-0.2, 0) is 4.79 Å². The molecule has 0 aliphatic carbocycles. The van der Waals surface area contributed by atoms with Crippen LogP contribution in [-0.4, -0.2) is 49.1 Å². The molecule has 3 rings (SSSR count). The van der Waals surface area contributed by atoms with Crippen molar-refractivity contribution < 1.29 is 19.1 Å². The van der Waals surface area contributed by atoms with Crippen LogP contribution in [0.2, 0.25) is 0 Å². The summed E-state index contributed by atoms with van der Waals surface area (Å²) in [5.74, 6) is 1.67. The summed E-state index contributed by atoms with van der Waals surface area (Å²) in [6, 6.07) is 15.2. The number of carbonyl (C=O) groups is 2. The van der Waals surface area contributed by atoms with E-state index in [4.69, 9.17) is 9.47 Å². The van der Waals surface area contributed by atoms with Gasteiger partial charge in [0.1, 0.15) is 11.5 Å². The summed E-state index contributed by atoms with van der Waals surface area (Å²) in [5, 5.41) is 3.08.